The molecule has 0 spiro atoms. The molecule has 0 bridgehead atoms. The Morgan fingerprint density at radius 2 is 2.05 bits per heavy atom. The van der Waals surface area contributed by atoms with Crippen molar-refractivity contribution >= 4 is 28.9 Å². The van der Waals surface area contributed by atoms with Gasteiger partial charge < -0.3 is 4.74 Å². The Morgan fingerprint density at radius 3 is 2.68 bits per heavy atom. The summed E-state index contributed by atoms with van der Waals surface area (Å²) in [4.78, 5) is 14.3. The zero-order valence-electron chi connectivity index (χ0n) is 9.76. The van der Waals surface area contributed by atoms with Crippen molar-refractivity contribution in [2.24, 2.45) is 0 Å². The van der Waals surface area contributed by atoms with E-state index in [9.17, 15) is 10.1 Å². The number of hydrogen-bond donors (Lipinski definition) is 0. The molecule has 2 aromatic rings. The molecule has 1 aromatic carbocycles. The standard InChI is InChI=1S/C12H8Cl2N2O3/c1-19-12-11(16(17)18)4-7(6-15-12)9-5-8(13)2-3-10(9)14/h2-6H,1H3. The Kier molecular flexibility index (Phi) is 3.87. The topological polar surface area (TPSA) is 65.3 Å². The van der Waals surface area contributed by atoms with E-state index in [4.69, 9.17) is 27.9 Å². The minimum Gasteiger partial charge on any atom is -0.476 e. The first-order valence-electron chi connectivity index (χ1n) is 5.16. The SMILES string of the molecule is COc1ncc(-c2cc(Cl)ccc2Cl)cc1[N+](=O)[O-]. The van der Waals surface area contributed by atoms with Crippen LogP contribution in [0, 0.1) is 10.1 Å². The van der Waals surface area contributed by atoms with Crippen LogP contribution < -0.4 is 4.74 Å². The molecule has 0 amide bonds. The zero-order valence-corrected chi connectivity index (χ0v) is 11.3. The first-order chi connectivity index (χ1) is 9.02. The van der Waals surface area contributed by atoms with Crippen molar-refractivity contribution in [3.63, 3.8) is 0 Å². The van der Waals surface area contributed by atoms with Gasteiger partial charge in [0.2, 0.25) is 0 Å². The number of nitrogens with zero attached hydrogens (tertiary/aromatic N) is 2. The molecular weight excluding hydrogens is 291 g/mol. The third-order valence-electron chi connectivity index (χ3n) is 2.46. The van der Waals surface area contributed by atoms with E-state index in [0.717, 1.165) is 0 Å². The van der Waals surface area contributed by atoms with Gasteiger partial charge in [0.05, 0.1) is 12.0 Å². The second-order valence-corrected chi connectivity index (χ2v) is 4.48. The van der Waals surface area contributed by atoms with E-state index in [1.54, 1.807) is 18.2 Å². The van der Waals surface area contributed by atoms with Crippen LogP contribution in [0.4, 0.5) is 5.69 Å². The lowest BCUT2D eigenvalue weighted by Crippen LogP contribution is -1.97. The van der Waals surface area contributed by atoms with Gasteiger partial charge in [-0.25, -0.2) is 4.98 Å². The van der Waals surface area contributed by atoms with Crippen LogP contribution in [-0.4, -0.2) is 17.0 Å². The summed E-state index contributed by atoms with van der Waals surface area (Å²) in [6.45, 7) is 0. The van der Waals surface area contributed by atoms with Gasteiger partial charge in [-0.1, -0.05) is 23.2 Å². The number of methoxy groups -OCH3 is 1. The predicted octanol–water partition coefficient (Wildman–Crippen LogP) is 3.97. The van der Waals surface area contributed by atoms with Crippen LogP contribution in [0.3, 0.4) is 0 Å². The third-order valence-corrected chi connectivity index (χ3v) is 3.03. The summed E-state index contributed by atoms with van der Waals surface area (Å²) < 4.78 is 4.84. The summed E-state index contributed by atoms with van der Waals surface area (Å²) in [6, 6.07) is 6.23. The maximum Gasteiger partial charge on any atom is 0.331 e. The van der Waals surface area contributed by atoms with Crippen LogP contribution in [0.15, 0.2) is 30.5 Å². The first kappa shape index (κ1) is 13.6. The summed E-state index contributed by atoms with van der Waals surface area (Å²) in [5.41, 5.74) is 0.850. The number of halogens is 2. The molecule has 0 aliphatic carbocycles. The molecule has 19 heavy (non-hydrogen) atoms. The van der Waals surface area contributed by atoms with Gasteiger partial charge in [-0.15, -0.1) is 0 Å². The second-order valence-electron chi connectivity index (χ2n) is 3.63. The van der Waals surface area contributed by atoms with E-state index >= 15 is 0 Å². The van der Waals surface area contributed by atoms with E-state index in [0.29, 0.717) is 21.2 Å². The lowest BCUT2D eigenvalue weighted by Gasteiger charge is -2.06. The van der Waals surface area contributed by atoms with Gasteiger partial charge in [0.25, 0.3) is 5.88 Å². The van der Waals surface area contributed by atoms with Gasteiger partial charge in [0.15, 0.2) is 0 Å². The quantitative estimate of drug-likeness (QED) is 0.635. The van der Waals surface area contributed by atoms with Crippen LogP contribution in [0.5, 0.6) is 5.88 Å². The fourth-order valence-electron chi connectivity index (χ4n) is 1.59. The van der Waals surface area contributed by atoms with Crippen LogP contribution >= 0.6 is 23.2 Å². The molecule has 1 heterocycles. The lowest BCUT2D eigenvalue weighted by atomic mass is 10.1. The summed E-state index contributed by atoms with van der Waals surface area (Å²) in [7, 11) is 1.32. The monoisotopic (exact) mass is 298 g/mol. The third kappa shape index (κ3) is 2.77. The van der Waals surface area contributed by atoms with Gasteiger partial charge in [0.1, 0.15) is 0 Å². The Morgan fingerprint density at radius 1 is 1.32 bits per heavy atom. The van der Waals surface area contributed by atoms with Crippen molar-refractivity contribution in [1.82, 2.24) is 4.98 Å². The summed E-state index contributed by atoms with van der Waals surface area (Å²) in [5.74, 6) is -0.0492. The predicted molar refractivity (Wildman–Crippen MR) is 72.9 cm³/mol. The number of hydrogen-bond acceptors (Lipinski definition) is 4. The first-order valence-corrected chi connectivity index (χ1v) is 5.92. The van der Waals surface area contributed by atoms with E-state index in [1.165, 1.54) is 19.4 Å². The molecule has 0 atom stereocenters. The fourth-order valence-corrected chi connectivity index (χ4v) is 1.99. The number of ether oxygens (including phenoxy) is 1. The average Bonchev–Trinajstić information content (AvgIpc) is 2.40. The molecule has 0 saturated carbocycles. The highest BCUT2D eigenvalue weighted by Crippen LogP contribution is 2.34. The van der Waals surface area contributed by atoms with Crippen LogP contribution in [0.25, 0.3) is 11.1 Å². The molecular formula is C12H8Cl2N2O3. The van der Waals surface area contributed by atoms with Gasteiger partial charge in [-0.2, -0.15) is 0 Å². The zero-order chi connectivity index (χ0) is 14.0. The highest BCUT2D eigenvalue weighted by atomic mass is 35.5. The Labute approximate surface area is 118 Å². The van der Waals surface area contributed by atoms with Crippen molar-refractivity contribution < 1.29 is 9.66 Å². The molecule has 7 heteroatoms. The Balaban J connectivity index is 2.60. The fraction of sp³-hybridized carbons (Fsp3) is 0.0833. The van der Waals surface area contributed by atoms with Gasteiger partial charge in [0, 0.05) is 33.4 Å². The van der Waals surface area contributed by atoms with Gasteiger partial charge >= 0.3 is 5.69 Å². The molecule has 0 saturated heterocycles. The molecule has 98 valence electrons. The number of pyridine rings is 1. The highest BCUT2D eigenvalue weighted by Gasteiger charge is 2.18. The van der Waals surface area contributed by atoms with E-state index < -0.39 is 4.92 Å². The molecule has 0 N–H and O–H groups in total. The highest BCUT2D eigenvalue weighted by molar-refractivity contribution is 6.35. The molecule has 0 fully saturated rings. The van der Waals surface area contributed by atoms with E-state index in [1.807, 2.05) is 0 Å². The Hall–Kier alpha value is -1.85. The molecule has 2 rings (SSSR count). The molecule has 0 aliphatic heterocycles. The summed E-state index contributed by atoms with van der Waals surface area (Å²) in [5, 5.41) is 11.9. The van der Waals surface area contributed by atoms with Crippen LogP contribution in [-0.2, 0) is 0 Å². The maximum atomic E-state index is 10.9. The van der Waals surface area contributed by atoms with E-state index in [-0.39, 0.29) is 11.6 Å². The molecule has 1 aromatic heterocycles. The Bertz CT molecular complexity index is 647. The molecule has 0 aliphatic rings. The molecule has 0 unspecified atom stereocenters. The number of rotatable bonds is 3. The average molecular weight is 299 g/mol. The smallest absolute Gasteiger partial charge is 0.331 e. The number of aromatic nitrogens is 1. The van der Waals surface area contributed by atoms with E-state index in [2.05, 4.69) is 4.98 Å². The second kappa shape index (κ2) is 5.42. The van der Waals surface area contributed by atoms with Crippen molar-refractivity contribution in [3.8, 4) is 17.0 Å². The van der Waals surface area contributed by atoms with Crippen molar-refractivity contribution in [1.29, 1.82) is 0 Å². The molecule has 5 nitrogen and oxygen atoms in total. The van der Waals surface area contributed by atoms with Gasteiger partial charge in [-0.05, 0) is 18.2 Å². The lowest BCUT2D eigenvalue weighted by molar-refractivity contribution is -0.386. The van der Waals surface area contributed by atoms with Crippen molar-refractivity contribution in [2.45, 2.75) is 0 Å². The van der Waals surface area contributed by atoms with Crippen LogP contribution in [0.1, 0.15) is 0 Å². The number of nitro groups is 1. The van der Waals surface area contributed by atoms with Crippen molar-refractivity contribution in [3.05, 3.63) is 50.6 Å². The minimum absolute atomic E-state index is 0.0492. The minimum atomic E-state index is -0.562. The van der Waals surface area contributed by atoms with Crippen molar-refractivity contribution in [2.75, 3.05) is 7.11 Å². The van der Waals surface area contributed by atoms with Crippen LogP contribution in [0.2, 0.25) is 10.0 Å². The maximum absolute atomic E-state index is 10.9. The largest absolute Gasteiger partial charge is 0.476 e. The number of benzene rings is 1. The molecule has 0 radical (unpaired) electrons. The summed E-state index contributed by atoms with van der Waals surface area (Å²) in [6.07, 6.45) is 1.45. The van der Waals surface area contributed by atoms with Gasteiger partial charge in [-0.3, -0.25) is 10.1 Å². The normalized spacial score (nSPS) is 10.3. The summed E-state index contributed by atoms with van der Waals surface area (Å²) >= 11 is 11.9.